The molecule has 1 spiro atoms. The van der Waals surface area contributed by atoms with Crippen molar-refractivity contribution in [1.29, 1.82) is 0 Å². The molecule has 1 saturated heterocycles. The highest BCUT2D eigenvalue weighted by molar-refractivity contribution is 7.15. The van der Waals surface area contributed by atoms with Gasteiger partial charge in [-0.3, -0.25) is 0 Å². The predicted octanol–water partition coefficient (Wildman–Crippen LogP) is 2.96. The van der Waals surface area contributed by atoms with E-state index in [1.54, 1.807) is 0 Å². The van der Waals surface area contributed by atoms with Crippen molar-refractivity contribution in [2.75, 3.05) is 18.5 Å². The lowest BCUT2D eigenvalue weighted by molar-refractivity contribution is 0.0494. The van der Waals surface area contributed by atoms with E-state index in [9.17, 15) is 0 Å². The third-order valence-corrected chi connectivity index (χ3v) is 4.94. The van der Waals surface area contributed by atoms with Crippen LogP contribution in [0.25, 0.3) is 0 Å². The Morgan fingerprint density at radius 1 is 1.29 bits per heavy atom. The number of aromatic nitrogens is 1. The molecule has 0 radical (unpaired) electrons. The number of nitrogens with zero attached hydrogens (tertiary/aromatic N) is 1. The van der Waals surface area contributed by atoms with Crippen LogP contribution < -0.4 is 5.32 Å². The highest BCUT2D eigenvalue weighted by atomic mass is 32.1. The van der Waals surface area contributed by atoms with Crippen molar-refractivity contribution in [2.24, 2.45) is 0 Å². The Balaban J connectivity index is 1.88. The second kappa shape index (κ2) is 4.25. The summed E-state index contributed by atoms with van der Waals surface area (Å²) in [6.07, 6.45) is 4.81. The van der Waals surface area contributed by atoms with E-state index < -0.39 is 0 Å². The standard InChI is InChI=1S/C13H20N2OS/c1-9(2)14-12-15-11-10(17-12)3-4-13(11)5-7-16-8-6-13/h9H,3-8H2,1-2H3,(H,14,15). The maximum absolute atomic E-state index is 5.50. The third kappa shape index (κ3) is 1.97. The Labute approximate surface area is 107 Å². The highest BCUT2D eigenvalue weighted by Crippen LogP contribution is 2.48. The molecule has 0 aromatic carbocycles. The molecule has 1 aromatic rings. The number of hydrogen-bond donors (Lipinski definition) is 1. The number of thiazole rings is 1. The molecule has 0 saturated carbocycles. The number of rotatable bonds is 2. The fraction of sp³-hybridized carbons (Fsp3) is 0.769. The monoisotopic (exact) mass is 252 g/mol. The summed E-state index contributed by atoms with van der Waals surface area (Å²) in [6.45, 7) is 6.14. The number of hydrogen-bond acceptors (Lipinski definition) is 4. The number of fused-ring (bicyclic) bond motifs is 2. The maximum Gasteiger partial charge on any atom is 0.183 e. The highest BCUT2D eigenvalue weighted by Gasteiger charge is 2.42. The van der Waals surface area contributed by atoms with E-state index in [0.717, 1.165) is 31.2 Å². The minimum absolute atomic E-state index is 0.348. The zero-order valence-electron chi connectivity index (χ0n) is 10.6. The Morgan fingerprint density at radius 2 is 2.06 bits per heavy atom. The van der Waals surface area contributed by atoms with E-state index in [1.165, 1.54) is 23.4 Å². The minimum Gasteiger partial charge on any atom is -0.381 e. The predicted molar refractivity (Wildman–Crippen MR) is 70.9 cm³/mol. The van der Waals surface area contributed by atoms with Crippen molar-refractivity contribution in [1.82, 2.24) is 4.98 Å². The van der Waals surface area contributed by atoms with Crippen molar-refractivity contribution in [3.63, 3.8) is 0 Å². The lowest BCUT2D eigenvalue weighted by Crippen LogP contribution is -2.32. The summed E-state index contributed by atoms with van der Waals surface area (Å²) >= 11 is 1.85. The first-order valence-corrected chi connectivity index (χ1v) is 7.36. The van der Waals surface area contributed by atoms with Gasteiger partial charge in [0.25, 0.3) is 0 Å². The molecule has 0 amide bonds. The van der Waals surface area contributed by atoms with Gasteiger partial charge in [-0.1, -0.05) is 0 Å². The van der Waals surface area contributed by atoms with Crippen LogP contribution in [-0.4, -0.2) is 24.2 Å². The average Bonchev–Trinajstić information content (AvgIpc) is 2.82. The van der Waals surface area contributed by atoms with Crippen molar-refractivity contribution >= 4 is 16.5 Å². The average molecular weight is 252 g/mol. The van der Waals surface area contributed by atoms with Crippen LogP contribution in [0.4, 0.5) is 5.13 Å². The summed E-state index contributed by atoms with van der Waals surface area (Å²) < 4.78 is 5.50. The van der Waals surface area contributed by atoms with Gasteiger partial charge in [-0.25, -0.2) is 4.98 Å². The lowest BCUT2D eigenvalue weighted by atomic mass is 9.78. The largest absolute Gasteiger partial charge is 0.381 e. The zero-order chi connectivity index (χ0) is 11.9. The van der Waals surface area contributed by atoms with Gasteiger partial charge in [0.2, 0.25) is 0 Å². The number of aryl methyl sites for hydroxylation is 1. The van der Waals surface area contributed by atoms with Crippen LogP contribution in [0.2, 0.25) is 0 Å². The molecule has 2 heterocycles. The van der Waals surface area contributed by atoms with Crippen molar-refractivity contribution in [2.45, 2.75) is 51.0 Å². The maximum atomic E-state index is 5.50. The van der Waals surface area contributed by atoms with Crippen molar-refractivity contribution in [3.8, 4) is 0 Å². The summed E-state index contributed by atoms with van der Waals surface area (Å²) in [6, 6.07) is 0.465. The van der Waals surface area contributed by atoms with E-state index in [0.29, 0.717) is 11.5 Å². The first-order valence-electron chi connectivity index (χ1n) is 6.54. The topological polar surface area (TPSA) is 34.2 Å². The SMILES string of the molecule is CC(C)Nc1nc2c(s1)CCC21CCOCC1. The number of nitrogens with one attached hydrogen (secondary N) is 1. The van der Waals surface area contributed by atoms with E-state index in [-0.39, 0.29) is 0 Å². The summed E-state index contributed by atoms with van der Waals surface area (Å²) in [5, 5.41) is 4.54. The molecule has 0 unspecified atom stereocenters. The second-order valence-corrected chi connectivity index (χ2v) is 6.57. The van der Waals surface area contributed by atoms with Crippen LogP contribution in [0.1, 0.15) is 43.7 Å². The fourth-order valence-electron chi connectivity index (χ4n) is 2.96. The Morgan fingerprint density at radius 3 is 2.76 bits per heavy atom. The van der Waals surface area contributed by atoms with Crippen LogP contribution in [0.5, 0.6) is 0 Å². The minimum atomic E-state index is 0.348. The normalized spacial score (nSPS) is 22.1. The van der Waals surface area contributed by atoms with Gasteiger partial charge in [-0.2, -0.15) is 0 Å². The first kappa shape index (κ1) is 11.5. The fourth-order valence-corrected chi connectivity index (χ4v) is 4.19. The Kier molecular flexibility index (Phi) is 2.87. The van der Waals surface area contributed by atoms with Gasteiger partial charge >= 0.3 is 0 Å². The first-order chi connectivity index (χ1) is 8.20. The van der Waals surface area contributed by atoms with Gasteiger partial charge in [0.1, 0.15) is 0 Å². The van der Waals surface area contributed by atoms with Gasteiger partial charge in [0.05, 0.1) is 5.69 Å². The molecule has 0 atom stereocenters. The van der Waals surface area contributed by atoms with Crippen molar-refractivity contribution in [3.05, 3.63) is 10.6 Å². The quantitative estimate of drug-likeness (QED) is 0.878. The summed E-state index contributed by atoms with van der Waals surface area (Å²) in [5.41, 5.74) is 1.73. The van der Waals surface area contributed by atoms with Crippen LogP contribution in [-0.2, 0) is 16.6 Å². The molecule has 1 aliphatic heterocycles. The molecule has 2 aliphatic rings. The molecule has 17 heavy (non-hydrogen) atoms. The molecule has 1 aromatic heterocycles. The van der Waals surface area contributed by atoms with Gasteiger partial charge in [-0.15, -0.1) is 11.3 Å². The van der Waals surface area contributed by atoms with E-state index in [1.807, 2.05) is 11.3 Å². The molecule has 94 valence electrons. The summed E-state index contributed by atoms with van der Waals surface area (Å²) in [7, 11) is 0. The molecule has 1 aliphatic carbocycles. The smallest absolute Gasteiger partial charge is 0.183 e. The van der Waals surface area contributed by atoms with Crippen molar-refractivity contribution < 1.29 is 4.74 Å². The van der Waals surface area contributed by atoms with E-state index >= 15 is 0 Å². The van der Waals surface area contributed by atoms with Gasteiger partial charge in [0, 0.05) is 29.5 Å². The molecular formula is C13H20N2OS. The molecular weight excluding hydrogens is 232 g/mol. The van der Waals surface area contributed by atoms with Gasteiger partial charge < -0.3 is 10.1 Å². The molecule has 4 heteroatoms. The summed E-state index contributed by atoms with van der Waals surface area (Å²) in [4.78, 5) is 6.37. The van der Waals surface area contributed by atoms with Crippen LogP contribution in [0.15, 0.2) is 0 Å². The second-order valence-electron chi connectivity index (χ2n) is 5.48. The molecule has 3 nitrogen and oxygen atoms in total. The number of ether oxygens (including phenoxy) is 1. The van der Waals surface area contributed by atoms with E-state index in [2.05, 4.69) is 19.2 Å². The molecule has 1 fully saturated rings. The van der Waals surface area contributed by atoms with Crippen LogP contribution in [0.3, 0.4) is 0 Å². The zero-order valence-corrected chi connectivity index (χ0v) is 11.4. The number of anilines is 1. The molecule has 1 N–H and O–H groups in total. The lowest BCUT2D eigenvalue weighted by Gasteiger charge is -2.32. The Hall–Kier alpha value is -0.610. The van der Waals surface area contributed by atoms with Gasteiger partial charge in [0.15, 0.2) is 5.13 Å². The molecule has 0 bridgehead atoms. The van der Waals surface area contributed by atoms with Crippen LogP contribution >= 0.6 is 11.3 Å². The third-order valence-electron chi connectivity index (χ3n) is 3.89. The molecule has 3 rings (SSSR count). The van der Waals surface area contributed by atoms with Gasteiger partial charge in [-0.05, 0) is 39.5 Å². The van der Waals surface area contributed by atoms with E-state index in [4.69, 9.17) is 9.72 Å². The summed E-state index contributed by atoms with van der Waals surface area (Å²) in [5.74, 6) is 0. The Bertz CT molecular complexity index is 408. The van der Waals surface area contributed by atoms with Crippen LogP contribution in [0, 0.1) is 0 Å².